The number of benzene rings is 1. The molecule has 1 rings (SSSR count). The third-order valence-corrected chi connectivity index (χ3v) is 7.07. The first-order chi connectivity index (χ1) is 14.3. The molecule has 0 fully saturated rings. The molecule has 0 saturated heterocycles. The lowest BCUT2D eigenvalue weighted by atomic mass is 10.3. The third-order valence-electron chi connectivity index (χ3n) is 4.24. The molecule has 9 nitrogen and oxygen atoms in total. The van der Waals surface area contributed by atoms with E-state index in [4.69, 9.17) is 22.8 Å². The van der Waals surface area contributed by atoms with Crippen LogP contribution in [0.2, 0.25) is 6.04 Å². The zero-order valence-electron chi connectivity index (χ0n) is 18.0. The summed E-state index contributed by atoms with van der Waals surface area (Å²) < 4.78 is 26.3. The number of carbonyl (C=O) groups is 2. The molecule has 0 radical (unpaired) electrons. The molecule has 1 atom stereocenters. The topological polar surface area (TPSA) is 104 Å². The second-order valence-corrected chi connectivity index (χ2v) is 9.59. The fourth-order valence-electron chi connectivity index (χ4n) is 2.53. The van der Waals surface area contributed by atoms with Gasteiger partial charge in [-0.15, -0.1) is 0 Å². The van der Waals surface area contributed by atoms with Gasteiger partial charge < -0.3 is 27.9 Å². The average Bonchev–Trinajstić information content (AvgIpc) is 2.77. The molecule has 1 N–H and O–H groups in total. The molecule has 0 aliphatic rings. The fraction of sp³-hybridized carbons (Fsp3) is 0.500. The number of amides is 1. The fourth-order valence-corrected chi connectivity index (χ4v) is 4.24. The van der Waals surface area contributed by atoms with E-state index in [1.54, 1.807) is 24.3 Å². The van der Waals surface area contributed by atoms with Crippen molar-refractivity contribution in [1.82, 2.24) is 0 Å². The van der Waals surface area contributed by atoms with Gasteiger partial charge in [0.1, 0.15) is 19.3 Å². The Bertz CT molecular complexity index is 672. The number of esters is 1. The van der Waals surface area contributed by atoms with Crippen molar-refractivity contribution >= 4 is 26.6 Å². The Morgan fingerprint density at radius 3 is 2.17 bits per heavy atom. The Balaban J connectivity index is 2.68. The summed E-state index contributed by atoms with van der Waals surface area (Å²) in [7, 11) is 1.84. The maximum atomic E-state index is 12.6. The first kappa shape index (κ1) is 25.8. The average molecular weight is 442 g/mol. The van der Waals surface area contributed by atoms with Crippen LogP contribution in [0.25, 0.3) is 0 Å². The van der Waals surface area contributed by atoms with E-state index in [0.717, 1.165) is 0 Å². The van der Waals surface area contributed by atoms with E-state index in [9.17, 15) is 14.7 Å². The Kier molecular flexibility index (Phi) is 11.3. The van der Waals surface area contributed by atoms with Gasteiger partial charge in [0, 0.05) is 45.2 Å². The third kappa shape index (κ3) is 8.25. The van der Waals surface area contributed by atoms with E-state index in [0.29, 0.717) is 24.7 Å². The van der Waals surface area contributed by atoms with E-state index in [1.165, 1.54) is 33.2 Å². The zero-order valence-corrected chi connectivity index (χ0v) is 19.0. The number of hydrogen-bond donors (Lipinski definition) is 1. The van der Waals surface area contributed by atoms with Crippen LogP contribution in [0.3, 0.4) is 0 Å². The predicted molar refractivity (Wildman–Crippen MR) is 113 cm³/mol. The molecule has 1 aromatic carbocycles. The van der Waals surface area contributed by atoms with Crippen LogP contribution in [0.15, 0.2) is 42.5 Å². The normalized spacial score (nSPS) is 12.2. The standard InChI is InChI=1S/C20H31NO8Si/c1-16(2)19(23)28-14-18(22)15-29-20(24)21(17-10-7-6-8-11-17)12-9-13-30(25-3,26-4)27-5/h6-8,10-11,18,22H,1,9,12-15H2,2-5H3. The highest BCUT2D eigenvalue weighted by atomic mass is 28.4. The molecule has 0 aliphatic carbocycles. The molecule has 1 aromatic rings. The van der Waals surface area contributed by atoms with Gasteiger partial charge in [0.25, 0.3) is 0 Å². The monoisotopic (exact) mass is 441 g/mol. The molecule has 0 aromatic heterocycles. The van der Waals surface area contributed by atoms with E-state index < -0.39 is 27.0 Å². The van der Waals surface area contributed by atoms with Crippen molar-refractivity contribution in [2.24, 2.45) is 0 Å². The number of rotatable bonds is 13. The minimum Gasteiger partial charge on any atom is -0.459 e. The second-order valence-electron chi connectivity index (χ2n) is 6.50. The summed E-state index contributed by atoms with van der Waals surface area (Å²) in [5.74, 6) is -0.617. The van der Waals surface area contributed by atoms with Crippen molar-refractivity contribution in [2.45, 2.75) is 25.5 Å². The molecule has 0 heterocycles. The highest BCUT2D eigenvalue weighted by molar-refractivity contribution is 6.60. The molecule has 0 spiro atoms. The smallest absolute Gasteiger partial charge is 0.459 e. The number of carbonyl (C=O) groups excluding carboxylic acids is 2. The van der Waals surface area contributed by atoms with Gasteiger partial charge in [0.15, 0.2) is 0 Å². The summed E-state index contributed by atoms with van der Waals surface area (Å²) in [6.45, 7) is 4.67. The highest BCUT2D eigenvalue weighted by Gasteiger charge is 2.37. The summed E-state index contributed by atoms with van der Waals surface area (Å²) in [5.41, 5.74) is 0.863. The number of anilines is 1. The Labute approximate surface area is 178 Å². The van der Waals surface area contributed by atoms with Crippen molar-refractivity contribution in [3.8, 4) is 0 Å². The number of nitrogens with zero attached hydrogens (tertiary/aromatic N) is 1. The predicted octanol–water partition coefficient (Wildman–Crippen LogP) is 2.38. The molecular formula is C20H31NO8Si. The van der Waals surface area contributed by atoms with Gasteiger partial charge >= 0.3 is 20.9 Å². The summed E-state index contributed by atoms with van der Waals surface area (Å²) in [4.78, 5) is 25.5. The molecule has 0 aliphatic heterocycles. The number of aliphatic hydroxyl groups excluding tert-OH is 1. The lowest BCUT2D eigenvalue weighted by Crippen LogP contribution is -2.43. The van der Waals surface area contributed by atoms with Crippen molar-refractivity contribution in [1.29, 1.82) is 0 Å². The van der Waals surface area contributed by atoms with Gasteiger partial charge in [-0.2, -0.15) is 0 Å². The maximum absolute atomic E-state index is 12.6. The first-order valence-electron chi connectivity index (χ1n) is 9.44. The van der Waals surface area contributed by atoms with Crippen LogP contribution >= 0.6 is 0 Å². The van der Waals surface area contributed by atoms with Crippen molar-refractivity contribution in [2.75, 3.05) is 46.0 Å². The van der Waals surface area contributed by atoms with Gasteiger partial charge in [-0.1, -0.05) is 24.8 Å². The molecule has 0 saturated carbocycles. The summed E-state index contributed by atoms with van der Waals surface area (Å²) in [6.07, 6.45) is -1.23. The van der Waals surface area contributed by atoms with Gasteiger partial charge in [0.2, 0.25) is 0 Å². The van der Waals surface area contributed by atoms with Gasteiger partial charge in [-0.3, -0.25) is 4.90 Å². The number of aliphatic hydroxyl groups is 1. The second kappa shape index (κ2) is 13.1. The van der Waals surface area contributed by atoms with Gasteiger partial charge in [-0.05, 0) is 25.5 Å². The van der Waals surface area contributed by atoms with Crippen LogP contribution in [0.5, 0.6) is 0 Å². The largest absolute Gasteiger partial charge is 0.500 e. The van der Waals surface area contributed by atoms with Gasteiger partial charge in [-0.25, -0.2) is 9.59 Å². The first-order valence-corrected chi connectivity index (χ1v) is 11.4. The zero-order chi connectivity index (χ0) is 22.6. The van der Waals surface area contributed by atoms with E-state index >= 15 is 0 Å². The van der Waals surface area contributed by atoms with Crippen molar-refractivity contribution in [3.05, 3.63) is 42.5 Å². The Morgan fingerprint density at radius 2 is 1.63 bits per heavy atom. The Morgan fingerprint density at radius 1 is 1.07 bits per heavy atom. The Hall–Kier alpha value is -2.24. The van der Waals surface area contributed by atoms with Crippen LogP contribution < -0.4 is 4.90 Å². The molecule has 10 heteroatoms. The van der Waals surface area contributed by atoms with Crippen LogP contribution in [0, 0.1) is 0 Å². The van der Waals surface area contributed by atoms with Crippen LogP contribution in [-0.4, -0.2) is 73.2 Å². The highest BCUT2D eigenvalue weighted by Crippen LogP contribution is 2.19. The summed E-state index contributed by atoms with van der Waals surface area (Å²) in [6, 6.07) is 9.51. The molecular weight excluding hydrogens is 410 g/mol. The van der Waals surface area contributed by atoms with Crippen molar-refractivity contribution < 1.29 is 37.4 Å². The van der Waals surface area contributed by atoms with Crippen LogP contribution in [0.1, 0.15) is 13.3 Å². The van der Waals surface area contributed by atoms with Gasteiger partial charge in [0.05, 0.1) is 0 Å². The lowest BCUT2D eigenvalue weighted by Gasteiger charge is -2.27. The van der Waals surface area contributed by atoms with Crippen LogP contribution in [0.4, 0.5) is 10.5 Å². The van der Waals surface area contributed by atoms with E-state index in [1.807, 2.05) is 6.07 Å². The molecule has 1 amide bonds. The number of para-hydroxylation sites is 1. The molecule has 168 valence electrons. The molecule has 1 unspecified atom stereocenters. The number of hydrogen-bond acceptors (Lipinski definition) is 8. The van der Waals surface area contributed by atoms with E-state index in [-0.39, 0.29) is 18.8 Å². The minimum atomic E-state index is -2.76. The van der Waals surface area contributed by atoms with Crippen molar-refractivity contribution in [3.63, 3.8) is 0 Å². The molecule has 30 heavy (non-hydrogen) atoms. The number of ether oxygens (including phenoxy) is 2. The summed E-state index contributed by atoms with van der Waals surface area (Å²) >= 11 is 0. The minimum absolute atomic E-state index is 0.220. The quantitative estimate of drug-likeness (QED) is 0.283. The van der Waals surface area contributed by atoms with Crippen LogP contribution in [-0.2, 0) is 27.5 Å². The lowest BCUT2D eigenvalue weighted by molar-refractivity contribution is -0.142. The SMILES string of the molecule is C=C(C)C(=O)OCC(O)COC(=O)N(CCC[Si](OC)(OC)OC)c1ccccc1. The summed E-state index contributed by atoms with van der Waals surface area (Å²) in [5, 5.41) is 9.91. The maximum Gasteiger partial charge on any atom is 0.500 e. The molecule has 0 bridgehead atoms. The van der Waals surface area contributed by atoms with E-state index in [2.05, 4.69) is 6.58 Å².